The van der Waals surface area contributed by atoms with Gasteiger partial charge in [0.25, 0.3) is 0 Å². The maximum absolute atomic E-state index is 11.8. The van der Waals surface area contributed by atoms with E-state index in [1.165, 1.54) is 10.1 Å². The Morgan fingerprint density at radius 1 is 1.04 bits per heavy atom. The predicted molar refractivity (Wildman–Crippen MR) is 96.6 cm³/mol. The van der Waals surface area contributed by atoms with E-state index in [-0.39, 0.29) is 0 Å². The fourth-order valence-electron chi connectivity index (χ4n) is 2.89. The minimum atomic E-state index is -0.616. The first-order valence-corrected chi connectivity index (χ1v) is 7.92. The number of hydrogen-bond donors (Lipinski definition) is 1. The third-order valence-corrected chi connectivity index (χ3v) is 4.23. The summed E-state index contributed by atoms with van der Waals surface area (Å²) in [5.74, 6) is 0. The molecule has 0 saturated carbocycles. The number of H-pyrrole nitrogens is 1. The van der Waals surface area contributed by atoms with Crippen LogP contribution in [-0.4, -0.2) is 19.3 Å². The number of aromatic amines is 1. The lowest BCUT2D eigenvalue weighted by Crippen LogP contribution is -2.34. The van der Waals surface area contributed by atoms with Crippen LogP contribution in [0, 0.1) is 0 Å². The Hall–Kier alpha value is -3.41. The van der Waals surface area contributed by atoms with Crippen molar-refractivity contribution in [3.8, 4) is 11.3 Å². The van der Waals surface area contributed by atoms with Gasteiger partial charge in [0.2, 0.25) is 0 Å². The number of aromatic nitrogens is 4. The molecule has 0 fully saturated rings. The van der Waals surface area contributed by atoms with Crippen molar-refractivity contribution in [1.29, 1.82) is 0 Å². The average Bonchev–Trinajstić information content (AvgIpc) is 3.09. The van der Waals surface area contributed by atoms with Crippen molar-refractivity contribution < 1.29 is 0 Å². The van der Waals surface area contributed by atoms with Crippen molar-refractivity contribution in [3.63, 3.8) is 0 Å². The van der Waals surface area contributed by atoms with Crippen LogP contribution in [0.2, 0.25) is 0 Å². The molecule has 25 heavy (non-hydrogen) atoms. The van der Waals surface area contributed by atoms with Gasteiger partial charge in [-0.2, -0.15) is 5.10 Å². The number of aryl methyl sites for hydroxylation is 1. The van der Waals surface area contributed by atoms with E-state index in [9.17, 15) is 9.59 Å². The Labute approximate surface area is 143 Å². The van der Waals surface area contributed by atoms with Gasteiger partial charge in [0.1, 0.15) is 0 Å². The van der Waals surface area contributed by atoms with Gasteiger partial charge in [-0.25, -0.2) is 0 Å². The highest BCUT2D eigenvalue weighted by Crippen LogP contribution is 2.21. The summed E-state index contributed by atoms with van der Waals surface area (Å²) in [6.07, 6.45) is 1.93. The van der Waals surface area contributed by atoms with Crippen LogP contribution in [-0.2, 0) is 13.6 Å². The van der Waals surface area contributed by atoms with Crippen molar-refractivity contribution in [3.05, 3.63) is 87.1 Å². The normalized spacial score (nSPS) is 11.1. The molecule has 2 heterocycles. The fourth-order valence-corrected chi connectivity index (χ4v) is 2.89. The number of fused-ring (bicyclic) bond motifs is 1. The van der Waals surface area contributed by atoms with E-state index in [0.29, 0.717) is 17.6 Å². The van der Waals surface area contributed by atoms with Gasteiger partial charge < -0.3 is 9.55 Å². The highest BCUT2D eigenvalue weighted by Gasteiger charge is 2.08. The van der Waals surface area contributed by atoms with Gasteiger partial charge >= 0.3 is 11.1 Å². The summed E-state index contributed by atoms with van der Waals surface area (Å²) >= 11 is 0. The van der Waals surface area contributed by atoms with Crippen LogP contribution in [0.4, 0.5) is 0 Å². The smallest absolute Gasteiger partial charge is 0.316 e. The van der Waals surface area contributed by atoms with Gasteiger partial charge in [-0.15, -0.1) is 0 Å². The highest BCUT2D eigenvalue weighted by molar-refractivity contribution is 5.80. The molecule has 2 aromatic heterocycles. The molecular weight excluding hydrogens is 316 g/mol. The molecule has 1 N–H and O–H groups in total. The second-order valence-corrected chi connectivity index (χ2v) is 5.93. The molecule has 6 heteroatoms. The third-order valence-electron chi connectivity index (χ3n) is 4.23. The lowest BCUT2D eigenvalue weighted by molar-refractivity contribution is 0.689. The summed E-state index contributed by atoms with van der Waals surface area (Å²) in [5, 5.41) is 4.61. The van der Waals surface area contributed by atoms with Crippen molar-refractivity contribution in [2.75, 3.05) is 0 Å². The van der Waals surface area contributed by atoms with Gasteiger partial charge in [-0.05, 0) is 23.8 Å². The van der Waals surface area contributed by atoms with Crippen LogP contribution < -0.4 is 11.1 Å². The second-order valence-electron chi connectivity index (χ2n) is 5.93. The zero-order chi connectivity index (χ0) is 17.4. The largest absolute Gasteiger partial charge is 0.316 e. The maximum atomic E-state index is 11.8. The molecule has 0 saturated heterocycles. The van der Waals surface area contributed by atoms with Gasteiger partial charge in [0, 0.05) is 18.8 Å². The molecule has 0 radical (unpaired) electrons. The van der Waals surface area contributed by atoms with Gasteiger partial charge in [0.15, 0.2) is 0 Å². The molecule has 0 aliphatic rings. The zero-order valence-corrected chi connectivity index (χ0v) is 13.6. The Bertz CT molecular complexity index is 1170. The predicted octanol–water partition coefficient (Wildman–Crippen LogP) is 2.14. The SMILES string of the molecule is Cn1c(=O)c(=O)[nH]c2ccc(-c3ccn(Cc4ccccc4)n3)cc21. The van der Waals surface area contributed by atoms with Crippen LogP contribution in [0.5, 0.6) is 0 Å². The van der Waals surface area contributed by atoms with Gasteiger partial charge in [-0.1, -0.05) is 36.4 Å². The molecule has 0 atom stereocenters. The molecule has 4 aromatic rings. The molecule has 0 aliphatic heterocycles. The maximum Gasteiger partial charge on any atom is 0.316 e. The molecule has 0 spiro atoms. The summed E-state index contributed by atoms with van der Waals surface area (Å²) in [7, 11) is 1.59. The molecule has 0 amide bonds. The van der Waals surface area contributed by atoms with Crippen LogP contribution in [0.3, 0.4) is 0 Å². The summed E-state index contributed by atoms with van der Waals surface area (Å²) in [5.41, 5.74) is 2.99. The number of nitrogens with one attached hydrogen (secondary N) is 1. The number of rotatable bonds is 3. The fraction of sp³-hybridized carbons (Fsp3) is 0.105. The van der Waals surface area contributed by atoms with Crippen LogP contribution in [0.25, 0.3) is 22.3 Å². The Morgan fingerprint density at radius 3 is 2.64 bits per heavy atom. The summed E-state index contributed by atoms with van der Waals surface area (Å²) in [6, 6.07) is 17.6. The van der Waals surface area contributed by atoms with Crippen LogP contribution >= 0.6 is 0 Å². The summed E-state index contributed by atoms with van der Waals surface area (Å²) < 4.78 is 3.24. The summed E-state index contributed by atoms with van der Waals surface area (Å²) in [4.78, 5) is 26.0. The van der Waals surface area contributed by atoms with Crippen molar-refractivity contribution in [2.24, 2.45) is 7.05 Å². The number of benzene rings is 2. The Kier molecular flexibility index (Phi) is 3.57. The summed E-state index contributed by atoms with van der Waals surface area (Å²) in [6.45, 7) is 0.695. The van der Waals surface area contributed by atoms with E-state index < -0.39 is 11.1 Å². The van der Waals surface area contributed by atoms with Crippen molar-refractivity contribution in [2.45, 2.75) is 6.54 Å². The zero-order valence-electron chi connectivity index (χ0n) is 13.6. The van der Waals surface area contributed by atoms with E-state index >= 15 is 0 Å². The molecular formula is C19H16N4O2. The quantitative estimate of drug-likeness (QED) is 0.584. The molecule has 0 unspecified atom stereocenters. The van der Waals surface area contributed by atoms with E-state index in [1.54, 1.807) is 13.1 Å². The van der Waals surface area contributed by atoms with Crippen molar-refractivity contribution in [1.82, 2.24) is 19.3 Å². The van der Waals surface area contributed by atoms with E-state index in [2.05, 4.69) is 22.2 Å². The monoisotopic (exact) mass is 332 g/mol. The van der Waals surface area contributed by atoms with Crippen LogP contribution in [0.15, 0.2) is 70.4 Å². The highest BCUT2D eigenvalue weighted by atomic mass is 16.2. The third kappa shape index (κ3) is 2.78. The molecule has 124 valence electrons. The minimum Gasteiger partial charge on any atom is -0.316 e. The van der Waals surface area contributed by atoms with E-state index in [0.717, 1.165) is 11.3 Å². The Balaban J connectivity index is 1.73. The van der Waals surface area contributed by atoms with Crippen LogP contribution in [0.1, 0.15) is 5.56 Å². The standard InChI is InChI=1S/C19H16N4O2/c1-22-17-11-14(7-8-16(17)20-18(24)19(22)25)15-9-10-23(21-15)12-13-5-3-2-4-6-13/h2-11H,12H2,1H3,(H,20,24). The Morgan fingerprint density at radius 2 is 1.84 bits per heavy atom. The topological polar surface area (TPSA) is 72.7 Å². The number of nitrogens with zero attached hydrogens (tertiary/aromatic N) is 3. The average molecular weight is 332 g/mol. The molecule has 4 rings (SSSR count). The first kappa shape index (κ1) is 15.1. The lowest BCUT2D eigenvalue weighted by Gasteiger charge is -2.06. The first-order valence-electron chi connectivity index (χ1n) is 7.92. The van der Waals surface area contributed by atoms with Gasteiger partial charge in [-0.3, -0.25) is 14.3 Å². The molecule has 6 nitrogen and oxygen atoms in total. The van der Waals surface area contributed by atoms with E-state index in [4.69, 9.17) is 0 Å². The van der Waals surface area contributed by atoms with E-state index in [1.807, 2.05) is 47.3 Å². The number of hydrogen-bond acceptors (Lipinski definition) is 3. The lowest BCUT2D eigenvalue weighted by atomic mass is 10.1. The first-order chi connectivity index (χ1) is 12.1. The second kappa shape index (κ2) is 5.90. The van der Waals surface area contributed by atoms with Crippen molar-refractivity contribution >= 4 is 11.0 Å². The molecule has 0 aliphatic carbocycles. The molecule has 0 bridgehead atoms. The van der Waals surface area contributed by atoms with Gasteiger partial charge in [0.05, 0.1) is 23.3 Å². The minimum absolute atomic E-state index is 0.570. The molecule has 2 aromatic carbocycles.